The highest BCUT2D eigenvalue weighted by atomic mass is 16.6. The lowest BCUT2D eigenvalue weighted by atomic mass is 9.99. The Morgan fingerprint density at radius 2 is 1.92 bits per heavy atom. The normalized spacial score (nSPS) is 19.5. The standard InChI is InChI=1S/C19H32N2O5/c1-13(2)12-14(9-10-16(22)23)20-17(24)15-8-6-7-11-21(15)18(25)26-19(3,4)5/h9-10,13-15H,6-8,11-12H2,1-5H3,(H,20,24)(H,22,23)/b10-9+/t14-,15+/m1/s1. The monoisotopic (exact) mass is 368 g/mol. The van der Waals surface area contributed by atoms with E-state index in [1.807, 2.05) is 13.8 Å². The lowest BCUT2D eigenvalue weighted by molar-refractivity contribution is -0.131. The van der Waals surface area contributed by atoms with Crippen LogP contribution in [-0.2, 0) is 14.3 Å². The first-order valence-electron chi connectivity index (χ1n) is 9.20. The van der Waals surface area contributed by atoms with Crippen LogP contribution in [0.2, 0.25) is 0 Å². The fourth-order valence-electron chi connectivity index (χ4n) is 2.91. The minimum absolute atomic E-state index is 0.267. The van der Waals surface area contributed by atoms with Gasteiger partial charge in [0.05, 0.1) is 0 Å². The number of nitrogens with zero attached hydrogens (tertiary/aromatic N) is 1. The smallest absolute Gasteiger partial charge is 0.410 e. The molecule has 1 heterocycles. The van der Waals surface area contributed by atoms with Crippen LogP contribution in [0.25, 0.3) is 0 Å². The van der Waals surface area contributed by atoms with E-state index in [1.165, 1.54) is 11.0 Å². The van der Waals surface area contributed by atoms with Gasteiger partial charge in [-0.05, 0) is 52.4 Å². The Balaban J connectivity index is 2.84. The van der Waals surface area contributed by atoms with Gasteiger partial charge in [0, 0.05) is 18.7 Å². The SMILES string of the molecule is CC(C)C[C@@H](/C=C/C(=O)O)NC(=O)[C@@H]1CCCCN1C(=O)OC(C)(C)C. The first-order chi connectivity index (χ1) is 12.0. The van der Waals surface area contributed by atoms with Crippen LogP contribution in [0, 0.1) is 5.92 Å². The van der Waals surface area contributed by atoms with Crippen molar-refractivity contribution in [3.8, 4) is 0 Å². The first kappa shape index (κ1) is 22.0. The fourth-order valence-corrected chi connectivity index (χ4v) is 2.91. The molecule has 0 aromatic carbocycles. The van der Waals surface area contributed by atoms with E-state index in [-0.39, 0.29) is 17.9 Å². The van der Waals surface area contributed by atoms with Gasteiger partial charge in [-0.1, -0.05) is 19.9 Å². The lowest BCUT2D eigenvalue weighted by Gasteiger charge is -2.36. The quantitative estimate of drug-likeness (QED) is 0.703. The summed E-state index contributed by atoms with van der Waals surface area (Å²) >= 11 is 0. The minimum Gasteiger partial charge on any atom is -0.478 e. The van der Waals surface area contributed by atoms with Crippen LogP contribution >= 0.6 is 0 Å². The molecule has 2 atom stereocenters. The van der Waals surface area contributed by atoms with Crippen LogP contribution in [0.1, 0.15) is 60.3 Å². The Morgan fingerprint density at radius 3 is 2.46 bits per heavy atom. The number of piperidine rings is 1. The molecule has 1 rings (SSSR count). The van der Waals surface area contributed by atoms with Crippen molar-refractivity contribution in [2.24, 2.45) is 5.92 Å². The third-order valence-corrected chi connectivity index (χ3v) is 3.96. The van der Waals surface area contributed by atoms with Gasteiger partial charge in [-0.3, -0.25) is 9.69 Å². The molecule has 148 valence electrons. The van der Waals surface area contributed by atoms with Gasteiger partial charge in [0.25, 0.3) is 0 Å². The second-order valence-corrected chi connectivity index (χ2v) is 8.13. The Labute approximate surface area is 155 Å². The summed E-state index contributed by atoms with van der Waals surface area (Å²) < 4.78 is 5.42. The van der Waals surface area contributed by atoms with Crippen molar-refractivity contribution in [2.45, 2.75) is 78.0 Å². The summed E-state index contributed by atoms with van der Waals surface area (Å²) in [5.74, 6) is -1.04. The zero-order valence-corrected chi connectivity index (χ0v) is 16.4. The molecule has 7 nitrogen and oxygen atoms in total. The average molecular weight is 368 g/mol. The number of hydrogen-bond acceptors (Lipinski definition) is 4. The topological polar surface area (TPSA) is 95.9 Å². The molecule has 0 bridgehead atoms. The molecule has 1 saturated heterocycles. The molecule has 0 unspecified atom stereocenters. The summed E-state index contributed by atoms with van der Waals surface area (Å²) in [6.45, 7) is 9.85. The number of carboxylic acids is 1. The predicted molar refractivity (Wildman–Crippen MR) is 98.7 cm³/mol. The first-order valence-corrected chi connectivity index (χ1v) is 9.20. The molecular formula is C19H32N2O5. The molecule has 0 spiro atoms. The Hall–Kier alpha value is -2.05. The van der Waals surface area contributed by atoms with Crippen molar-refractivity contribution in [3.63, 3.8) is 0 Å². The molecule has 7 heteroatoms. The van der Waals surface area contributed by atoms with Crippen LogP contribution in [0.5, 0.6) is 0 Å². The van der Waals surface area contributed by atoms with E-state index in [4.69, 9.17) is 9.84 Å². The highest BCUT2D eigenvalue weighted by Crippen LogP contribution is 2.21. The van der Waals surface area contributed by atoms with E-state index < -0.39 is 23.7 Å². The second-order valence-electron chi connectivity index (χ2n) is 8.13. The highest BCUT2D eigenvalue weighted by Gasteiger charge is 2.35. The molecule has 1 aliphatic heterocycles. The Morgan fingerprint density at radius 1 is 1.27 bits per heavy atom. The van der Waals surface area contributed by atoms with Crippen molar-refractivity contribution in [2.75, 3.05) is 6.54 Å². The summed E-state index contributed by atoms with van der Waals surface area (Å²) in [4.78, 5) is 37.5. The van der Waals surface area contributed by atoms with E-state index in [0.29, 0.717) is 19.4 Å². The average Bonchev–Trinajstić information content (AvgIpc) is 2.50. The molecule has 26 heavy (non-hydrogen) atoms. The largest absolute Gasteiger partial charge is 0.478 e. The van der Waals surface area contributed by atoms with Crippen molar-refractivity contribution in [1.29, 1.82) is 0 Å². The maximum atomic E-state index is 12.8. The van der Waals surface area contributed by atoms with Gasteiger partial charge >= 0.3 is 12.1 Å². The van der Waals surface area contributed by atoms with Crippen LogP contribution in [0.3, 0.4) is 0 Å². The van der Waals surface area contributed by atoms with Gasteiger partial charge in [-0.25, -0.2) is 9.59 Å². The van der Waals surface area contributed by atoms with E-state index in [9.17, 15) is 14.4 Å². The van der Waals surface area contributed by atoms with Gasteiger partial charge in [0.2, 0.25) is 5.91 Å². The highest BCUT2D eigenvalue weighted by molar-refractivity contribution is 5.86. The van der Waals surface area contributed by atoms with Gasteiger partial charge in [-0.2, -0.15) is 0 Å². The van der Waals surface area contributed by atoms with Crippen molar-refractivity contribution < 1.29 is 24.2 Å². The van der Waals surface area contributed by atoms with E-state index >= 15 is 0 Å². The number of amides is 2. The predicted octanol–water partition coefficient (Wildman–Crippen LogP) is 2.95. The molecule has 2 amide bonds. The van der Waals surface area contributed by atoms with Crippen LogP contribution in [-0.4, -0.2) is 52.2 Å². The number of ether oxygens (including phenoxy) is 1. The maximum absolute atomic E-state index is 12.8. The molecule has 1 aliphatic rings. The van der Waals surface area contributed by atoms with Crippen molar-refractivity contribution >= 4 is 18.0 Å². The third kappa shape index (κ3) is 7.89. The van der Waals surface area contributed by atoms with E-state index in [0.717, 1.165) is 18.9 Å². The fraction of sp³-hybridized carbons (Fsp3) is 0.737. The Bertz CT molecular complexity index is 537. The van der Waals surface area contributed by atoms with Gasteiger partial charge in [-0.15, -0.1) is 0 Å². The number of carboxylic acid groups (broad SMARTS) is 1. The third-order valence-electron chi connectivity index (χ3n) is 3.96. The number of aliphatic carboxylic acids is 1. The lowest BCUT2D eigenvalue weighted by Crippen LogP contribution is -2.54. The van der Waals surface area contributed by atoms with Crippen molar-refractivity contribution in [1.82, 2.24) is 10.2 Å². The molecule has 0 saturated carbocycles. The van der Waals surface area contributed by atoms with Crippen LogP contribution in [0.4, 0.5) is 4.79 Å². The Kier molecular flexibility index (Phi) is 8.11. The summed E-state index contributed by atoms with van der Waals surface area (Å²) in [6.07, 6.45) is 4.92. The molecule has 2 N–H and O–H groups in total. The number of rotatable bonds is 6. The molecule has 1 fully saturated rings. The molecule has 0 aromatic heterocycles. The van der Waals surface area contributed by atoms with Crippen LogP contribution in [0.15, 0.2) is 12.2 Å². The van der Waals surface area contributed by atoms with Gasteiger partial charge in [0.15, 0.2) is 0 Å². The summed E-state index contributed by atoms with van der Waals surface area (Å²) in [6, 6.07) is -0.979. The molecular weight excluding hydrogens is 336 g/mol. The van der Waals surface area contributed by atoms with Crippen molar-refractivity contribution in [3.05, 3.63) is 12.2 Å². The van der Waals surface area contributed by atoms with Crippen LogP contribution < -0.4 is 5.32 Å². The number of likely N-dealkylation sites (tertiary alicyclic amines) is 1. The minimum atomic E-state index is -1.05. The zero-order chi connectivity index (χ0) is 19.9. The summed E-state index contributed by atoms with van der Waals surface area (Å²) in [5, 5.41) is 11.7. The number of carbonyl (C=O) groups excluding carboxylic acids is 2. The molecule has 0 aromatic rings. The van der Waals surface area contributed by atoms with Gasteiger partial charge in [0.1, 0.15) is 11.6 Å². The summed E-state index contributed by atoms with van der Waals surface area (Å²) in [5.41, 5.74) is -0.625. The number of nitrogens with one attached hydrogen (secondary N) is 1. The van der Waals surface area contributed by atoms with E-state index in [1.54, 1.807) is 20.8 Å². The van der Waals surface area contributed by atoms with Gasteiger partial charge < -0.3 is 15.2 Å². The number of carbonyl (C=O) groups is 3. The maximum Gasteiger partial charge on any atom is 0.410 e. The van der Waals surface area contributed by atoms with E-state index in [2.05, 4.69) is 5.32 Å². The summed E-state index contributed by atoms with van der Waals surface area (Å²) in [7, 11) is 0. The second kappa shape index (κ2) is 9.59. The molecule has 0 radical (unpaired) electrons. The molecule has 0 aliphatic carbocycles. The zero-order valence-electron chi connectivity index (χ0n) is 16.4. The number of hydrogen-bond donors (Lipinski definition) is 2.